The smallest absolute Gasteiger partial charge is 0.338 e. The van der Waals surface area contributed by atoms with Gasteiger partial charge in [-0.05, 0) is 36.3 Å². The quantitative estimate of drug-likeness (QED) is 0.847. The molecule has 0 saturated heterocycles. The fourth-order valence-corrected chi connectivity index (χ4v) is 3.12. The predicted molar refractivity (Wildman–Crippen MR) is 102 cm³/mol. The maximum Gasteiger partial charge on any atom is 0.338 e. The second-order valence-corrected chi connectivity index (χ2v) is 7.70. The molecule has 0 saturated carbocycles. The molecule has 1 aromatic heterocycles. The Labute approximate surface area is 150 Å². The molecule has 4 nitrogen and oxygen atoms in total. The number of benzene rings is 1. The van der Waals surface area contributed by atoms with Gasteiger partial charge in [0.2, 0.25) is 0 Å². The second kappa shape index (κ2) is 7.36. The second-order valence-electron chi connectivity index (χ2n) is 7.70. The summed E-state index contributed by atoms with van der Waals surface area (Å²) in [6.07, 6.45) is 1.33. The molecule has 0 spiro atoms. The molecule has 0 fully saturated rings. The summed E-state index contributed by atoms with van der Waals surface area (Å²) in [6.45, 7) is 10.7. The van der Waals surface area contributed by atoms with E-state index >= 15 is 0 Å². The van der Waals surface area contributed by atoms with Gasteiger partial charge in [-0.15, -0.1) is 0 Å². The number of carbonyl (C=O) groups is 1. The Bertz CT molecular complexity index is 772. The lowest BCUT2D eigenvalue weighted by molar-refractivity contribution is 0.0696. The van der Waals surface area contributed by atoms with E-state index in [1.165, 1.54) is 0 Å². The number of nitrogens with zero attached hydrogens (tertiary/aromatic N) is 1. The van der Waals surface area contributed by atoms with Crippen LogP contribution >= 0.6 is 0 Å². The van der Waals surface area contributed by atoms with Crippen molar-refractivity contribution in [2.45, 2.75) is 54.0 Å². The SMILES string of the molecule is CCc1nc(CC(C)(C)C)c(CN)c(-c2ccc(C)cc2)c1C(=O)O. The first-order valence-corrected chi connectivity index (χ1v) is 8.73. The minimum absolute atomic E-state index is 0.0389. The summed E-state index contributed by atoms with van der Waals surface area (Å²) in [5.74, 6) is -0.947. The third-order valence-corrected chi connectivity index (χ3v) is 4.25. The summed E-state index contributed by atoms with van der Waals surface area (Å²) in [6, 6.07) is 7.93. The fraction of sp³-hybridized carbons (Fsp3) is 0.429. The van der Waals surface area contributed by atoms with Gasteiger partial charge < -0.3 is 10.8 Å². The van der Waals surface area contributed by atoms with Crippen LogP contribution in [-0.2, 0) is 19.4 Å². The van der Waals surface area contributed by atoms with Gasteiger partial charge in [0, 0.05) is 17.8 Å². The lowest BCUT2D eigenvalue weighted by atomic mass is 9.84. The molecule has 0 amide bonds. The van der Waals surface area contributed by atoms with Gasteiger partial charge >= 0.3 is 5.97 Å². The standard InChI is InChI=1S/C21H28N2O2/c1-6-16-19(20(24)25)18(14-9-7-13(2)8-10-14)15(12-22)17(23-16)11-21(3,4)5/h7-10H,6,11-12,22H2,1-5H3,(H,24,25). The molecule has 0 bridgehead atoms. The van der Waals surface area contributed by atoms with Gasteiger partial charge in [-0.3, -0.25) is 4.98 Å². The van der Waals surface area contributed by atoms with Gasteiger partial charge in [0.25, 0.3) is 0 Å². The Balaban J connectivity index is 2.85. The largest absolute Gasteiger partial charge is 0.478 e. The van der Waals surface area contributed by atoms with E-state index in [9.17, 15) is 9.90 Å². The van der Waals surface area contributed by atoms with Crippen LogP contribution in [0.25, 0.3) is 11.1 Å². The van der Waals surface area contributed by atoms with Crippen molar-refractivity contribution in [1.82, 2.24) is 4.98 Å². The molecule has 25 heavy (non-hydrogen) atoms. The molecule has 3 N–H and O–H groups in total. The van der Waals surface area contributed by atoms with Crippen molar-refractivity contribution in [2.75, 3.05) is 0 Å². The highest BCUT2D eigenvalue weighted by Gasteiger charge is 2.25. The Morgan fingerprint density at radius 3 is 2.20 bits per heavy atom. The molecular weight excluding hydrogens is 312 g/mol. The first kappa shape index (κ1) is 19.1. The first-order chi connectivity index (χ1) is 11.7. The van der Waals surface area contributed by atoms with Gasteiger partial charge in [-0.1, -0.05) is 57.5 Å². The summed E-state index contributed by atoms with van der Waals surface area (Å²) in [4.78, 5) is 16.7. The highest BCUT2D eigenvalue weighted by atomic mass is 16.4. The molecule has 134 valence electrons. The van der Waals surface area contributed by atoms with Crippen LogP contribution in [0.1, 0.15) is 60.6 Å². The average Bonchev–Trinajstić information content (AvgIpc) is 2.52. The van der Waals surface area contributed by atoms with Crippen LogP contribution in [0.15, 0.2) is 24.3 Å². The third kappa shape index (κ3) is 4.26. The zero-order chi connectivity index (χ0) is 18.8. The van der Waals surface area contributed by atoms with E-state index in [0.717, 1.165) is 34.4 Å². The summed E-state index contributed by atoms with van der Waals surface area (Å²) in [7, 11) is 0. The number of hydrogen-bond acceptors (Lipinski definition) is 3. The van der Waals surface area contributed by atoms with E-state index < -0.39 is 5.97 Å². The minimum atomic E-state index is -0.947. The maximum absolute atomic E-state index is 12.0. The fourth-order valence-electron chi connectivity index (χ4n) is 3.12. The molecule has 1 aromatic carbocycles. The maximum atomic E-state index is 12.0. The topological polar surface area (TPSA) is 76.2 Å². The molecule has 4 heteroatoms. The molecule has 2 aromatic rings. The van der Waals surface area contributed by atoms with Gasteiger partial charge in [-0.25, -0.2) is 4.79 Å². The van der Waals surface area contributed by atoms with Gasteiger partial charge in [0.05, 0.1) is 11.3 Å². The molecule has 0 aliphatic heterocycles. The number of aromatic carboxylic acids is 1. The number of aryl methyl sites for hydroxylation is 2. The van der Waals surface area contributed by atoms with E-state index in [-0.39, 0.29) is 17.5 Å². The van der Waals surface area contributed by atoms with Crippen molar-refractivity contribution in [3.05, 3.63) is 52.3 Å². The van der Waals surface area contributed by atoms with Crippen LogP contribution in [0.3, 0.4) is 0 Å². The predicted octanol–water partition coefficient (Wildman–Crippen LogP) is 4.36. The minimum Gasteiger partial charge on any atom is -0.478 e. The number of nitrogens with two attached hydrogens (primary N) is 1. The van der Waals surface area contributed by atoms with E-state index in [2.05, 4.69) is 20.8 Å². The Hall–Kier alpha value is -2.20. The van der Waals surface area contributed by atoms with Gasteiger partial charge in [0.1, 0.15) is 0 Å². The van der Waals surface area contributed by atoms with Crippen LogP contribution in [0.2, 0.25) is 0 Å². The lowest BCUT2D eigenvalue weighted by Crippen LogP contribution is -2.19. The molecule has 0 aliphatic carbocycles. The van der Waals surface area contributed by atoms with Crippen molar-refractivity contribution in [1.29, 1.82) is 0 Å². The van der Waals surface area contributed by atoms with Crippen LogP contribution in [-0.4, -0.2) is 16.1 Å². The van der Waals surface area contributed by atoms with Crippen LogP contribution < -0.4 is 5.73 Å². The zero-order valence-corrected chi connectivity index (χ0v) is 15.8. The van der Waals surface area contributed by atoms with E-state index in [0.29, 0.717) is 12.1 Å². The Morgan fingerprint density at radius 1 is 1.16 bits per heavy atom. The number of carboxylic acid groups (broad SMARTS) is 1. The number of pyridine rings is 1. The van der Waals surface area contributed by atoms with E-state index in [1.807, 2.05) is 38.1 Å². The van der Waals surface area contributed by atoms with Crippen molar-refractivity contribution in [3.8, 4) is 11.1 Å². The molecule has 0 atom stereocenters. The van der Waals surface area contributed by atoms with E-state index in [4.69, 9.17) is 10.7 Å². The first-order valence-electron chi connectivity index (χ1n) is 8.73. The molecule has 1 heterocycles. The van der Waals surface area contributed by atoms with Crippen molar-refractivity contribution in [3.63, 3.8) is 0 Å². The van der Waals surface area contributed by atoms with Crippen molar-refractivity contribution in [2.24, 2.45) is 11.1 Å². The van der Waals surface area contributed by atoms with Crippen LogP contribution in [0, 0.1) is 12.3 Å². The van der Waals surface area contributed by atoms with Gasteiger partial charge in [-0.2, -0.15) is 0 Å². The monoisotopic (exact) mass is 340 g/mol. The van der Waals surface area contributed by atoms with Crippen LogP contribution in [0.5, 0.6) is 0 Å². The third-order valence-electron chi connectivity index (χ3n) is 4.25. The molecule has 0 aliphatic rings. The molecular formula is C21H28N2O2. The van der Waals surface area contributed by atoms with Crippen molar-refractivity contribution < 1.29 is 9.90 Å². The van der Waals surface area contributed by atoms with E-state index in [1.54, 1.807) is 0 Å². The summed E-state index contributed by atoms with van der Waals surface area (Å²) >= 11 is 0. The highest BCUT2D eigenvalue weighted by molar-refractivity contribution is 5.98. The molecule has 2 rings (SSSR count). The zero-order valence-electron chi connectivity index (χ0n) is 15.8. The van der Waals surface area contributed by atoms with Gasteiger partial charge in [0.15, 0.2) is 0 Å². The Kier molecular flexibility index (Phi) is 5.63. The number of carboxylic acids is 1. The normalized spacial score (nSPS) is 11.6. The highest BCUT2D eigenvalue weighted by Crippen LogP contribution is 2.34. The summed E-state index contributed by atoms with van der Waals surface area (Å²) < 4.78 is 0. The molecule has 0 radical (unpaired) electrons. The van der Waals surface area contributed by atoms with Crippen LogP contribution in [0.4, 0.5) is 0 Å². The number of rotatable bonds is 5. The average molecular weight is 340 g/mol. The molecule has 0 unspecified atom stereocenters. The lowest BCUT2D eigenvalue weighted by Gasteiger charge is -2.23. The number of hydrogen-bond donors (Lipinski definition) is 2. The Morgan fingerprint density at radius 2 is 1.76 bits per heavy atom. The summed E-state index contributed by atoms with van der Waals surface area (Å²) in [5, 5.41) is 9.86. The summed E-state index contributed by atoms with van der Waals surface area (Å²) in [5.41, 5.74) is 11.5. The number of aromatic nitrogens is 1. The van der Waals surface area contributed by atoms with Crippen molar-refractivity contribution >= 4 is 5.97 Å².